The van der Waals surface area contributed by atoms with Gasteiger partial charge in [-0.2, -0.15) is 0 Å². The Morgan fingerprint density at radius 1 is 1.41 bits per heavy atom. The number of nitrogen functional groups attached to an aromatic ring is 1. The Balaban J connectivity index is 3.07. The third-order valence-electron chi connectivity index (χ3n) is 2.18. The van der Waals surface area contributed by atoms with Crippen LogP contribution in [0.15, 0.2) is 23.1 Å². The molecule has 6 heteroatoms. The van der Waals surface area contributed by atoms with Crippen molar-refractivity contribution in [2.24, 2.45) is 0 Å². The highest BCUT2D eigenvalue weighted by Gasteiger charge is 2.18. The lowest BCUT2D eigenvalue weighted by molar-refractivity contribution is 0.339. The third kappa shape index (κ3) is 3.59. The van der Waals surface area contributed by atoms with Crippen LogP contribution in [0, 0.1) is 0 Å². The van der Waals surface area contributed by atoms with E-state index in [2.05, 4.69) is 0 Å². The molecule has 1 aromatic rings. The zero-order valence-corrected chi connectivity index (χ0v) is 10.5. The van der Waals surface area contributed by atoms with Gasteiger partial charge in [-0.15, -0.1) is 0 Å². The van der Waals surface area contributed by atoms with Crippen LogP contribution < -0.4 is 10.5 Å². The third-order valence-corrected chi connectivity index (χ3v) is 4.03. The summed E-state index contributed by atoms with van der Waals surface area (Å²) in [6, 6.07) is 4.47. The smallest absolute Gasteiger partial charge is 0.180 e. The van der Waals surface area contributed by atoms with Crippen LogP contribution in [-0.2, 0) is 9.84 Å². The van der Waals surface area contributed by atoms with Crippen molar-refractivity contribution in [3.8, 4) is 5.75 Å². The van der Waals surface area contributed by atoms with Crippen molar-refractivity contribution in [2.75, 3.05) is 24.8 Å². The molecule has 0 spiro atoms. The summed E-state index contributed by atoms with van der Waals surface area (Å²) < 4.78 is 41.0. The maximum atomic E-state index is 12.0. The van der Waals surface area contributed by atoms with Crippen molar-refractivity contribution < 1.29 is 17.5 Å². The lowest BCUT2D eigenvalue weighted by Gasteiger charge is -2.09. The van der Waals surface area contributed by atoms with E-state index in [1.54, 1.807) is 13.0 Å². The van der Waals surface area contributed by atoms with Gasteiger partial charge in [-0.3, -0.25) is 4.39 Å². The van der Waals surface area contributed by atoms with Crippen molar-refractivity contribution in [1.82, 2.24) is 0 Å². The predicted molar refractivity (Wildman–Crippen MR) is 64.7 cm³/mol. The molecule has 0 saturated heterocycles. The fraction of sp³-hybridized carbons (Fsp3) is 0.455. The minimum Gasteiger partial charge on any atom is -0.494 e. The van der Waals surface area contributed by atoms with E-state index < -0.39 is 16.5 Å². The molecule has 0 radical (unpaired) electrons. The standard InChI is InChI=1S/C11H16FNO3S/c1-2-16-9-4-5-10(13)11(8-9)17(14,15)7-3-6-12/h4-5,8H,2-3,6-7,13H2,1H3. The monoisotopic (exact) mass is 261 g/mol. The zero-order chi connectivity index (χ0) is 12.9. The summed E-state index contributed by atoms with van der Waals surface area (Å²) in [7, 11) is -3.54. The summed E-state index contributed by atoms with van der Waals surface area (Å²) in [5.74, 6) is 0.198. The first-order valence-electron chi connectivity index (χ1n) is 5.32. The Hall–Kier alpha value is -1.30. The number of anilines is 1. The molecule has 96 valence electrons. The lowest BCUT2D eigenvalue weighted by atomic mass is 10.3. The molecule has 4 nitrogen and oxygen atoms in total. The summed E-state index contributed by atoms with van der Waals surface area (Å²) >= 11 is 0. The zero-order valence-electron chi connectivity index (χ0n) is 9.65. The van der Waals surface area contributed by atoms with Gasteiger partial charge in [0.15, 0.2) is 9.84 Å². The molecule has 0 aliphatic heterocycles. The quantitative estimate of drug-likeness (QED) is 0.793. The van der Waals surface area contributed by atoms with Crippen molar-refractivity contribution in [3.05, 3.63) is 18.2 Å². The Morgan fingerprint density at radius 3 is 2.71 bits per heavy atom. The molecule has 0 amide bonds. The van der Waals surface area contributed by atoms with Crippen LogP contribution in [0.1, 0.15) is 13.3 Å². The predicted octanol–water partition coefficient (Wildman–Crippen LogP) is 1.80. The second-order valence-electron chi connectivity index (χ2n) is 3.49. The number of ether oxygens (including phenoxy) is 1. The molecule has 0 heterocycles. The number of hydrogen-bond acceptors (Lipinski definition) is 4. The summed E-state index contributed by atoms with van der Waals surface area (Å²) in [5, 5.41) is 0. The Kier molecular flexibility index (Phi) is 4.74. The minimum absolute atomic E-state index is 0.0110. The fourth-order valence-corrected chi connectivity index (χ4v) is 2.83. The number of alkyl halides is 1. The molecule has 0 atom stereocenters. The molecule has 1 aromatic carbocycles. The van der Waals surface area contributed by atoms with Crippen LogP contribution in [0.3, 0.4) is 0 Å². The van der Waals surface area contributed by atoms with Crippen LogP contribution in [0.25, 0.3) is 0 Å². The van der Waals surface area contributed by atoms with Gasteiger partial charge in [0, 0.05) is 6.07 Å². The van der Waals surface area contributed by atoms with Crippen LogP contribution in [0.4, 0.5) is 10.1 Å². The summed E-state index contributed by atoms with van der Waals surface area (Å²) in [4.78, 5) is 0.0110. The molecular weight excluding hydrogens is 245 g/mol. The molecule has 17 heavy (non-hydrogen) atoms. The van der Waals surface area contributed by atoms with E-state index in [1.165, 1.54) is 12.1 Å². The van der Waals surface area contributed by atoms with Crippen LogP contribution in [-0.4, -0.2) is 27.5 Å². The van der Waals surface area contributed by atoms with E-state index in [4.69, 9.17) is 10.5 Å². The highest BCUT2D eigenvalue weighted by atomic mass is 32.2. The molecule has 0 aliphatic rings. The molecule has 0 unspecified atom stereocenters. The molecular formula is C11H16FNO3S. The summed E-state index contributed by atoms with van der Waals surface area (Å²) in [5.41, 5.74) is 5.77. The van der Waals surface area contributed by atoms with Crippen molar-refractivity contribution in [1.29, 1.82) is 0 Å². The number of hydrogen-bond donors (Lipinski definition) is 1. The van der Waals surface area contributed by atoms with Gasteiger partial charge in [-0.05, 0) is 25.5 Å². The van der Waals surface area contributed by atoms with Gasteiger partial charge in [0.2, 0.25) is 0 Å². The summed E-state index contributed by atoms with van der Waals surface area (Å²) in [6.45, 7) is 1.58. The van der Waals surface area contributed by atoms with E-state index in [1.807, 2.05) is 0 Å². The minimum atomic E-state index is -3.54. The molecule has 1 rings (SSSR count). The molecule has 0 saturated carbocycles. The van der Waals surface area contributed by atoms with E-state index in [9.17, 15) is 12.8 Å². The lowest BCUT2D eigenvalue weighted by Crippen LogP contribution is -2.10. The van der Waals surface area contributed by atoms with Crippen molar-refractivity contribution in [3.63, 3.8) is 0 Å². The SMILES string of the molecule is CCOc1ccc(N)c(S(=O)(=O)CCCF)c1. The maximum Gasteiger partial charge on any atom is 0.180 e. The second kappa shape index (κ2) is 5.86. The highest BCUT2D eigenvalue weighted by molar-refractivity contribution is 7.91. The maximum absolute atomic E-state index is 12.0. The van der Waals surface area contributed by atoms with E-state index in [0.717, 1.165) is 0 Å². The van der Waals surface area contributed by atoms with Gasteiger partial charge >= 0.3 is 0 Å². The summed E-state index contributed by atoms with van der Waals surface area (Å²) in [6.07, 6.45) is -0.0271. The number of sulfone groups is 1. The van der Waals surface area contributed by atoms with Gasteiger partial charge in [0.25, 0.3) is 0 Å². The highest BCUT2D eigenvalue weighted by Crippen LogP contribution is 2.25. The second-order valence-corrected chi connectivity index (χ2v) is 5.57. The first-order valence-corrected chi connectivity index (χ1v) is 6.97. The van der Waals surface area contributed by atoms with Crippen molar-refractivity contribution >= 4 is 15.5 Å². The van der Waals surface area contributed by atoms with Crippen LogP contribution in [0.2, 0.25) is 0 Å². The van der Waals surface area contributed by atoms with E-state index in [-0.39, 0.29) is 22.8 Å². The van der Waals surface area contributed by atoms with Crippen molar-refractivity contribution in [2.45, 2.75) is 18.2 Å². The molecule has 2 N–H and O–H groups in total. The fourth-order valence-electron chi connectivity index (χ4n) is 1.40. The Bertz CT molecular complexity index is 474. The van der Waals surface area contributed by atoms with E-state index in [0.29, 0.717) is 12.4 Å². The largest absolute Gasteiger partial charge is 0.494 e. The number of nitrogens with two attached hydrogens (primary N) is 1. The average Bonchev–Trinajstić information content (AvgIpc) is 2.29. The van der Waals surface area contributed by atoms with Gasteiger partial charge in [0.1, 0.15) is 5.75 Å². The first kappa shape index (κ1) is 13.8. The molecule has 0 aromatic heterocycles. The topological polar surface area (TPSA) is 69.4 Å². The number of halogens is 1. The molecule has 0 bridgehead atoms. The number of rotatable bonds is 6. The van der Waals surface area contributed by atoms with Crippen LogP contribution >= 0.6 is 0 Å². The van der Waals surface area contributed by atoms with Gasteiger partial charge in [-0.25, -0.2) is 8.42 Å². The van der Waals surface area contributed by atoms with Gasteiger partial charge in [-0.1, -0.05) is 0 Å². The Morgan fingerprint density at radius 2 is 2.12 bits per heavy atom. The van der Waals surface area contributed by atoms with Gasteiger partial charge < -0.3 is 10.5 Å². The Labute approximate surface area is 101 Å². The normalized spacial score (nSPS) is 11.4. The van der Waals surface area contributed by atoms with Crippen LogP contribution in [0.5, 0.6) is 5.75 Å². The van der Waals surface area contributed by atoms with Gasteiger partial charge in [0.05, 0.1) is 29.6 Å². The first-order chi connectivity index (χ1) is 8.01. The number of benzene rings is 1. The molecule has 0 fully saturated rings. The average molecular weight is 261 g/mol. The molecule has 0 aliphatic carbocycles. The van der Waals surface area contributed by atoms with E-state index >= 15 is 0 Å².